The fourth-order valence-corrected chi connectivity index (χ4v) is 5.92. The van der Waals surface area contributed by atoms with Gasteiger partial charge in [-0.15, -0.1) is 11.3 Å². The molecule has 0 radical (unpaired) electrons. The van der Waals surface area contributed by atoms with Crippen molar-refractivity contribution >= 4 is 33.0 Å². The van der Waals surface area contributed by atoms with Crippen LogP contribution < -0.4 is 5.32 Å². The highest BCUT2D eigenvalue weighted by atomic mass is 32.2. The van der Waals surface area contributed by atoms with Crippen molar-refractivity contribution < 1.29 is 13.2 Å². The number of rotatable bonds is 4. The van der Waals surface area contributed by atoms with Crippen LogP contribution in [0.1, 0.15) is 23.3 Å². The van der Waals surface area contributed by atoms with Gasteiger partial charge in [-0.25, -0.2) is 8.42 Å². The first-order valence-electron chi connectivity index (χ1n) is 8.48. The Hall–Kier alpha value is -1.70. The number of carbonyl (C=O) groups is 1. The van der Waals surface area contributed by atoms with Gasteiger partial charge in [0.25, 0.3) is 0 Å². The third kappa shape index (κ3) is 3.36. The Balaban J connectivity index is 1.45. The quantitative estimate of drug-likeness (QED) is 0.892. The normalized spacial score (nSPS) is 19.0. The van der Waals surface area contributed by atoms with Crippen molar-refractivity contribution in [2.24, 2.45) is 5.92 Å². The third-order valence-electron chi connectivity index (χ3n) is 4.98. The molecular formula is C18H20N2O3S2. The van der Waals surface area contributed by atoms with Crippen molar-refractivity contribution in [2.75, 3.05) is 18.4 Å². The summed E-state index contributed by atoms with van der Waals surface area (Å²) in [6.07, 6.45) is 3.07. The number of nitrogens with one attached hydrogen (secondary N) is 1. The predicted octanol–water partition coefficient (Wildman–Crippen LogP) is 2.89. The number of thiophene rings is 1. The molecule has 0 atom stereocenters. The first-order valence-corrected chi connectivity index (χ1v) is 10.8. The van der Waals surface area contributed by atoms with E-state index >= 15 is 0 Å². The van der Waals surface area contributed by atoms with Gasteiger partial charge in [-0.1, -0.05) is 6.07 Å². The average Bonchev–Trinajstić information content (AvgIpc) is 3.22. The standard InChI is InChI=1S/C18H20N2O3S2/c21-18-12-14-11-16(3-4-17(14)19-18)25(22,23)20-7-5-13(6-8-20)10-15-2-1-9-24-15/h1-4,9,11,13H,5-8,10,12H2,(H,19,21). The van der Waals surface area contributed by atoms with Crippen molar-refractivity contribution in [1.82, 2.24) is 4.31 Å². The number of hydrogen-bond donors (Lipinski definition) is 1. The van der Waals surface area contributed by atoms with Gasteiger partial charge in [0.1, 0.15) is 0 Å². The minimum absolute atomic E-state index is 0.0843. The fourth-order valence-electron chi connectivity index (χ4n) is 3.58. The molecule has 1 fully saturated rings. The highest BCUT2D eigenvalue weighted by molar-refractivity contribution is 7.89. The lowest BCUT2D eigenvalue weighted by molar-refractivity contribution is -0.115. The molecule has 4 rings (SSSR count). The molecule has 0 saturated carbocycles. The van der Waals surface area contributed by atoms with Crippen LogP contribution in [-0.2, 0) is 27.7 Å². The Morgan fingerprint density at radius 1 is 1.20 bits per heavy atom. The van der Waals surface area contributed by atoms with Gasteiger partial charge in [0.05, 0.1) is 11.3 Å². The molecule has 2 aromatic rings. The third-order valence-corrected chi connectivity index (χ3v) is 7.78. The summed E-state index contributed by atoms with van der Waals surface area (Å²) < 4.78 is 27.4. The Bertz CT molecular complexity index is 883. The molecular weight excluding hydrogens is 356 g/mol. The average molecular weight is 377 g/mol. The molecule has 1 saturated heterocycles. The summed E-state index contributed by atoms with van der Waals surface area (Å²) in [5.74, 6) is 0.464. The summed E-state index contributed by atoms with van der Waals surface area (Å²) in [7, 11) is -3.49. The van der Waals surface area contributed by atoms with E-state index in [4.69, 9.17) is 0 Å². The second-order valence-electron chi connectivity index (χ2n) is 6.67. The summed E-state index contributed by atoms with van der Waals surface area (Å²) in [4.78, 5) is 13.1. The van der Waals surface area contributed by atoms with Crippen molar-refractivity contribution in [1.29, 1.82) is 0 Å². The van der Waals surface area contributed by atoms with E-state index in [1.807, 2.05) is 0 Å². The lowest BCUT2D eigenvalue weighted by atomic mass is 9.94. The number of hydrogen-bond acceptors (Lipinski definition) is 4. The first kappa shape index (κ1) is 16.8. The van der Waals surface area contributed by atoms with Crippen molar-refractivity contribution in [2.45, 2.75) is 30.6 Å². The van der Waals surface area contributed by atoms with Crippen LogP contribution in [0.3, 0.4) is 0 Å². The van der Waals surface area contributed by atoms with E-state index < -0.39 is 10.0 Å². The maximum atomic E-state index is 12.9. The Kier molecular flexibility index (Phi) is 4.39. The molecule has 0 bridgehead atoms. The molecule has 2 aliphatic heterocycles. The van der Waals surface area contributed by atoms with Gasteiger partial charge in [0, 0.05) is 23.7 Å². The number of anilines is 1. The lowest BCUT2D eigenvalue weighted by Crippen LogP contribution is -2.38. The van der Waals surface area contributed by atoms with E-state index in [2.05, 4.69) is 22.8 Å². The highest BCUT2D eigenvalue weighted by Crippen LogP contribution is 2.30. The van der Waals surface area contributed by atoms with Crippen LogP contribution in [-0.4, -0.2) is 31.7 Å². The maximum Gasteiger partial charge on any atom is 0.243 e. The second kappa shape index (κ2) is 6.55. The first-order chi connectivity index (χ1) is 12.0. The zero-order valence-electron chi connectivity index (χ0n) is 13.8. The van der Waals surface area contributed by atoms with Crippen molar-refractivity contribution in [3.63, 3.8) is 0 Å². The molecule has 132 valence electrons. The van der Waals surface area contributed by atoms with Crippen LogP contribution in [0.4, 0.5) is 5.69 Å². The van der Waals surface area contributed by atoms with E-state index in [0.717, 1.165) is 30.5 Å². The molecule has 3 heterocycles. The molecule has 5 nitrogen and oxygen atoms in total. The van der Waals surface area contributed by atoms with Crippen LogP contribution in [0.2, 0.25) is 0 Å². The fraction of sp³-hybridized carbons (Fsp3) is 0.389. The minimum atomic E-state index is -3.49. The van der Waals surface area contributed by atoms with E-state index in [9.17, 15) is 13.2 Å². The SMILES string of the molecule is O=C1Cc2cc(S(=O)(=O)N3CCC(Cc4cccs4)CC3)ccc2N1. The van der Waals surface area contributed by atoms with Gasteiger partial charge in [0.2, 0.25) is 15.9 Å². The topological polar surface area (TPSA) is 66.5 Å². The van der Waals surface area contributed by atoms with Gasteiger partial charge in [-0.2, -0.15) is 4.31 Å². The molecule has 0 unspecified atom stereocenters. The summed E-state index contributed by atoms with van der Waals surface area (Å²) >= 11 is 1.77. The van der Waals surface area contributed by atoms with Gasteiger partial charge in [-0.3, -0.25) is 4.79 Å². The van der Waals surface area contributed by atoms with Gasteiger partial charge < -0.3 is 5.32 Å². The van der Waals surface area contributed by atoms with Gasteiger partial charge >= 0.3 is 0 Å². The van der Waals surface area contributed by atoms with E-state index in [-0.39, 0.29) is 12.3 Å². The second-order valence-corrected chi connectivity index (χ2v) is 9.65. The van der Waals surface area contributed by atoms with Crippen LogP contribution in [0.15, 0.2) is 40.6 Å². The summed E-state index contributed by atoms with van der Waals surface area (Å²) in [6, 6.07) is 9.13. The van der Waals surface area contributed by atoms with Gasteiger partial charge in [0.15, 0.2) is 0 Å². The molecule has 25 heavy (non-hydrogen) atoms. The molecule has 2 aliphatic rings. The monoisotopic (exact) mass is 376 g/mol. The van der Waals surface area contributed by atoms with E-state index in [1.54, 1.807) is 33.8 Å². The Labute approximate surface area is 151 Å². The molecule has 1 aromatic heterocycles. The van der Waals surface area contributed by atoms with Crippen LogP contribution in [0.25, 0.3) is 0 Å². The van der Waals surface area contributed by atoms with Crippen LogP contribution >= 0.6 is 11.3 Å². The predicted molar refractivity (Wildman–Crippen MR) is 98.3 cm³/mol. The summed E-state index contributed by atoms with van der Waals surface area (Å²) in [5, 5.41) is 4.82. The molecule has 1 N–H and O–H groups in total. The smallest absolute Gasteiger partial charge is 0.243 e. The number of benzene rings is 1. The maximum absolute atomic E-state index is 12.9. The van der Waals surface area contributed by atoms with Gasteiger partial charge in [-0.05, 0) is 60.4 Å². The molecule has 1 amide bonds. The largest absolute Gasteiger partial charge is 0.326 e. The number of sulfonamides is 1. The zero-order valence-corrected chi connectivity index (χ0v) is 15.4. The summed E-state index contributed by atoms with van der Waals surface area (Å²) in [6.45, 7) is 1.12. The molecule has 1 aromatic carbocycles. The minimum Gasteiger partial charge on any atom is -0.326 e. The van der Waals surface area contributed by atoms with Crippen LogP contribution in [0.5, 0.6) is 0 Å². The van der Waals surface area contributed by atoms with Crippen molar-refractivity contribution in [3.05, 3.63) is 46.2 Å². The summed E-state index contributed by atoms with van der Waals surface area (Å²) in [5.41, 5.74) is 1.48. The number of carbonyl (C=O) groups excluding carboxylic acids is 1. The number of piperidine rings is 1. The number of nitrogens with zero attached hydrogens (tertiary/aromatic N) is 1. The number of fused-ring (bicyclic) bond motifs is 1. The van der Waals surface area contributed by atoms with E-state index in [1.165, 1.54) is 4.88 Å². The Morgan fingerprint density at radius 3 is 2.72 bits per heavy atom. The van der Waals surface area contributed by atoms with Crippen LogP contribution in [0, 0.1) is 5.92 Å². The van der Waals surface area contributed by atoms with E-state index in [0.29, 0.717) is 23.9 Å². The lowest BCUT2D eigenvalue weighted by Gasteiger charge is -2.31. The zero-order chi connectivity index (χ0) is 17.4. The molecule has 0 aliphatic carbocycles. The van der Waals surface area contributed by atoms with Crippen molar-refractivity contribution in [3.8, 4) is 0 Å². The molecule has 0 spiro atoms. The Morgan fingerprint density at radius 2 is 2.00 bits per heavy atom. The molecule has 7 heteroatoms. The number of amides is 1. The highest BCUT2D eigenvalue weighted by Gasteiger charge is 2.30.